The van der Waals surface area contributed by atoms with Crippen LogP contribution in [0.4, 0.5) is 27.5 Å². The number of urea groups is 1. The molecule has 1 atom stereocenters. The molecule has 0 saturated carbocycles. The summed E-state index contributed by atoms with van der Waals surface area (Å²) in [6.45, 7) is 22.3. The lowest BCUT2D eigenvalue weighted by Crippen LogP contribution is -2.34. The number of hydrogen-bond donors (Lipinski definition) is 3. The van der Waals surface area contributed by atoms with E-state index in [2.05, 4.69) is 25.9 Å². The number of amides is 2. The Balaban J connectivity index is 1.87. The van der Waals surface area contributed by atoms with Gasteiger partial charge in [0.05, 0.1) is 23.7 Å². The monoisotopic (exact) mass is 473 g/mol. The molecule has 0 spiro atoms. The fourth-order valence-corrected chi connectivity index (χ4v) is 4.32. The van der Waals surface area contributed by atoms with Crippen molar-refractivity contribution >= 4 is 39.9 Å². The van der Waals surface area contributed by atoms with Crippen LogP contribution in [0.15, 0.2) is 53.4 Å². The Morgan fingerprint density at radius 1 is 0.882 bits per heavy atom. The van der Waals surface area contributed by atoms with E-state index in [1.807, 2.05) is 52.0 Å². The number of aryl methyl sites for hydroxylation is 4. The molecule has 0 radical (unpaired) electrons. The molecule has 0 bridgehead atoms. The van der Waals surface area contributed by atoms with Crippen LogP contribution in [0.1, 0.15) is 22.3 Å². The van der Waals surface area contributed by atoms with Gasteiger partial charge in [0.1, 0.15) is 5.75 Å². The van der Waals surface area contributed by atoms with Crippen LogP contribution in [-0.4, -0.2) is 10.2 Å². The Morgan fingerprint density at radius 3 is 2.06 bits per heavy atom. The van der Waals surface area contributed by atoms with Gasteiger partial charge in [0.2, 0.25) is 11.1 Å². The highest BCUT2D eigenvalue weighted by atomic mass is 32.2. The number of hydrogen-bond acceptors (Lipinski definition) is 4. The molecule has 2 amide bonds. The lowest BCUT2D eigenvalue weighted by atomic mass is 10.1. The minimum Gasteiger partial charge on any atom is -0.396 e. The molecule has 8 nitrogen and oxygen atoms in total. The first-order valence-electron chi connectivity index (χ1n) is 10.2. The normalized spacial score (nSPS) is 11.0. The van der Waals surface area contributed by atoms with Crippen LogP contribution >= 0.6 is 0 Å². The molecule has 0 aliphatic rings. The van der Waals surface area contributed by atoms with Gasteiger partial charge in [-0.15, -0.1) is 0 Å². The maximum Gasteiger partial charge on any atom is 0.337 e. The second-order valence-electron chi connectivity index (χ2n) is 7.68. The van der Waals surface area contributed by atoms with Crippen molar-refractivity contribution in [1.82, 2.24) is 5.43 Å². The highest BCUT2D eigenvalue weighted by Crippen LogP contribution is 2.37. The minimum atomic E-state index is -2.03. The first-order valence-corrected chi connectivity index (χ1v) is 11.3. The first kappa shape index (κ1) is 24.3. The lowest BCUT2D eigenvalue weighted by molar-refractivity contribution is 0.254. The number of rotatable bonds is 6. The number of carbonyl (C=O) groups excluding carboxylic acids is 1. The van der Waals surface area contributed by atoms with Gasteiger partial charge < -0.3 is 9.50 Å². The fourth-order valence-electron chi connectivity index (χ4n) is 3.31. The van der Waals surface area contributed by atoms with Crippen LogP contribution in [0.25, 0.3) is 9.69 Å². The van der Waals surface area contributed by atoms with E-state index >= 15 is 0 Å². The van der Waals surface area contributed by atoms with Crippen LogP contribution in [-0.2, 0) is 11.1 Å². The molecule has 0 heterocycles. The third-order valence-corrected chi connectivity index (χ3v) is 5.90. The number of benzene rings is 3. The molecular weight excluding hydrogens is 450 g/mol. The van der Waals surface area contributed by atoms with Crippen LogP contribution in [0.5, 0.6) is 5.75 Å². The van der Waals surface area contributed by atoms with Crippen molar-refractivity contribution in [3.8, 4) is 5.75 Å². The van der Waals surface area contributed by atoms with Gasteiger partial charge in [-0.2, -0.15) is 0 Å². The van der Waals surface area contributed by atoms with Crippen LogP contribution in [0.2, 0.25) is 0 Å². The summed E-state index contributed by atoms with van der Waals surface area (Å²) in [7, 11) is 0. The van der Waals surface area contributed by atoms with E-state index in [1.54, 1.807) is 12.1 Å². The van der Waals surface area contributed by atoms with Gasteiger partial charge in [-0.3, -0.25) is 20.5 Å². The molecule has 3 N–H and O–H groups in total. The molecular formula is C25H23N5O3S. The molecule has 3 aromatic rings. The third-order valence-electron chi connectivity index (χ3n) is 4.88. The van der Waals surface area contributed by atoms with Gasteiger partial charge >= 0.3 is 6.03 Å². The van der Waals surface area contributed by atoms with Gasteiger partial charge in [0.25, 0.3) is 0 Å². The summed E-state index contributed by atoms with van der Waals surface area (Å²) >= 11 is -2.03. The van der Waals surface area contributed by atoms with Gasteiger partial charge in [-0.1, -0.05) is 35.4 Å². The Kier molecular flexibility index (Phi) is 7.52. The summed E-state index contributed by atoms with van der Waals surface area (Å²) in [6, 6.07) is 13.2. The summed E-state index contributed by atoms with van der Waals surface area (Å²) < 4.78 is 19.0. The average Bonchev–Trinajstić information content (AvgIpc) is 2.80. The van der Waals surface area contributed by atoms with E-state index in [1.165, 1.54) is 12.1 Å². The van der Waals surface area contributed by atoms with Crippen molar-refractivity contribution in [3.05, 3.63) is 93.6 Å². The van der Waals surface area contributed by atoms with E-state index in [-0.39, 0.29) is 22.0 Å². The summed E-state index contributed by atoms with van der Waals surface area (Å²) in [5.74, 6) is 0.471. The maximum absolute atomic E-state index is 13.2. The van der Waals surface area contributed by atoms with Crippen molar-refractivity contribution in [1.29, 1.82) is 0 Å². The van der Waals surface area contributed by atoms with Crippen LogP contribution in [0.3, 0.4) is 0 Å². The Bertz CT molecular complexity index is 1330. The molecule has 172 valence electrons. The van der Waals surface area contributed by atoms with Gasteiger partial charge in [0.15, 0.2) is 11.4 Å². The van der Waals surface area contributed by atoms with E-state index in [4.69, 9.17) is 17.3 Å². The van der Waals surface area contributed by atoms with Gasteiger partial charge in [0, 0.05) is 5.69 Å². The predicted octanol–water partition coefficient (Wildman–Crippen LogP) is 6.27. The SMILES string of the molecule is [C-]#[N+]c1cc(NNC(=O)Nc2ccc(C)cc2)c(S(=O)Oc2c(C)cc(C)cc2C)cc1[N+]#[C-]. The van der Waals surface area contributed by atoms with Crippen molar-refractivity contribution in [2.75, 3.05) is 10.7 Å². The molecule has 0 aromatic heterocycles. The largest absolute Gasteiger partial charge is 0.396 e. The van der Waals surface area contributed by atoms with Crippen molar-refractivity contribution < 1.29 is 13.2 Å². The highest BCUT2D eigenvalue weighted by molar-refractivity contribution is 7.80. The molecule has 9 heteroatoms. The second-order valence-corrected chi connectivity index (χ2v) is 8.75. The predicted molar refractivity (Wildman–Crippen MR) is 134 cm³/mol. The highest BCUT2D eigenvalue weighted by Gasteiger charge is 2.19. The molecule has 3 rings (SSSR count). The zero-order valence-electron chi connectivity index (χ0n) is 19.1. The molecule has 0 aliphatic heterocycles. The topological polar surface area (TPSA) is 88.2 Å². The van der Waals surface area contributed by atoms with E-state index in [0.717, 1.165) is 22.3 Å². The van der Waals surface area contributed by atoms with Crippen molar-refractivity contribution in [2.45, 2.75) is 32.6 Å². The van der Waals surface area contributed by atoms with E-state index < -0.39 is 17.1 Å². The van der Waals surface area contributed by atoms with Crippen molar-refractivity contribution in [3.63, 3.8) is 0 Å². The molecule has 3 aromatic carbocycles. The second kappa shape index (κ2) is 10.5. The van der Waals surface area contributed by atoms with Crippen LogP contribution < -0.4 is 20.4 Å². The third kappa shape index (κ3) is 5.71. The van der Waals surface area contributed by atoms with Crippen LogP contribution in [0, 0.1) is 40.8 Å². The molecule has 0 saturated heterocycles. The number of carbonyl (C=O) groups is 1. The quantitative estimate of drug-likeness (QED) is 0.291. The standard InChI is InChI=1S/C25H23N5O3S/c1-15-7-9-19(10-8-15)28-25(31)30-29-22-13-20(26-5)21(27-6)14-23(22)34(32)33-24-17(3)11-16(2)12-18(24)4/h7-14,29H,1-4H3,(H2,28,30,31). The van der Waals surface area contributed by atoms with E-state index in [9.17, 15) is 9.00 Å². The number of nitrogens with zero attached hydrogens (tertiary/aromatic N) is 2. The number of nitrogens with one attached hydrogen (secondary N) is 3. The number of hydrazine groups is 1. The average molecular weight is 474 g/mol. The van der Waals surface area contributed by atoms with Gasteiger partial charge in [-0.25, -0.2) is 9.00 Å². The Hall–Kier alpha value is -4.34. The summed E-state index contributed by atoms with van der Waals surface area (Å²) in [4.78, 5) is 19.2. The van der Waals surface area contributed by atoms with Crippen molar-refractivity contribution in [2.24, 2.45) is 0 Å². The minimum absolute atomic E-state index is 0.0361. The zero-order chi connectivity index (χ0) is 24.8. The summed E-state index contributed by atoms with van der Waals surface area (Å²) in [5, 5.41) is 2.67. The molecule has 0 fully saturated rings. The van der Waals surface area contributed by atoms with E-state index in [0.29, 0.717) is 11.4 Å². The maximum atomic E-state index is 13.2. The Morgan fingerprint density at radius 2 is 1.47 bits per heavy atom. The molecule has 34 heavy (non-hydrogen) atoms. The molecule has 0 aliphatic carbocycles. The first-order chi connectivity index (χ1) is 16.2. The van der Waals surface area contributed by atoms with Gasteiger partial charge in [-0.05, 0) is 63.1 Å². The Labute approximate surface area is 201 Å². The fraction of sp³-hybridized carbons (Fsp3) is 0.160. The number of anilines is 2. The smallest absolute Gasteiger partial charge is 0.337 e. The zero-order valence-corrected chi connectivity index (χ0v) is 20.0. The summed E-state index contributed by atoms with van der Waals surface area (Å²) in [5.41, 5.74) is 9.77. The lowest BCUT2D eigenvalue weighted by Gasteiger charge is -2.16. The molecule has 1 unspecified atom stereocenters. The summed E-state index contributed by atoms with van der Waals surface area (Å²) in [6.07, 6.45) is 0.